The number of non-ortho nitro benzene ring substituents is 1. The number of nitro benzene ring substituents is 1. The third-order valence-corrected chi connectivity index (χ3v) is 3.88. The van der Waals surface area contributed by atoms with Crippen molar-refractivity contribution in [2.24, 2.45) is 0 Å². The average Bonchev–Trinajstić information content (AvgIpc) is 2.48. The maximum absolute atomic E-state index is 11.9. The molecule has 0 spiro atoms. The molecule has 0 aromatic heterocycles. The number of carbonyl (C=O) groups is 1. The van der Waals surface area contributed by atoms with E-state index in [9.17, 15) is 14.9 Å². The van der Waals surface area contributed by atoms with Crippen LogP contribution in [0.15, 0.2) is 18.2 Å². The van der Waals surface area contributed by atoms with Gasteiger partial charge < -0.3 is 10.6 Å². The number of piperidine rings is 1. The first kappa shape index (κ1) is 15.7. The highest BCUT2D eigenvalue weighted by Gasteiger charge is 2.15. The molecule has 2 N–H and O–H groups in total. The molecule has 1 amide bonds. The number of amides is 1. The minimum atomic E-state index is -0.522. The molecule has 21 heavy (non-hydrogen) atoms. The lowest BCUT2D eigenvalue weighted by Crippen LogP contribution is -2.34. The van der Waals surface area contributed by atoms with E-state index >= 15 is 0 Å². The van der Waals surface area contributed by atoms with Gasteiger partial charge in [-0.1, -0.05) is 18.0 Å². The molecule has 1 fully saturated rings. The van der Waals surface area contributed by atoms with Crippen molar-refractivity contribution < 1.29 is 9.72 Å². The van der Waals surface area contributed by atoms with E-state index < -0.39 is 4.92 Å². The minimum absolute atomic E-state index is 0.0931. The summed E-state index contributed by atoms with van der Waals surface area (Å²) in [7, 11) is 0. The Bertz CT molecular complexity index is 530. The van der Waals surface area contributed by atoms with E-state index in [1.807, 2.05) is 0 Å². The Morgan fingerprint density at radius 3 is 2.90 bits per heavy atom. The maximum atomic E-state index is 11.9. The lowest BCUT2D eigenvalue weighted by molar-refractivity contribution is -0.384. The first-order valence-corrected chi connectivity index (χ1v) is 7.41. The standard InChI is InChI=1S/C14H18ClN3O3/c15-12-9-11(18(20)21)5-6-13(12)17-14(19)7-4-10-3-1-2-8-16-10/h5-6,9-10,16H,1-4,7-8H2,(H,17,19). The van der Waals surface area contributed by atoms with Crippen molar-refractivity contribution in [1.82, 2.24) is 5.32 Å². The van der Waals surface area contributed by atoms with Gasteiger partial charge >= 0.3 is 0 Å². The predicted molar refractivity (Wildman–Crippen MR) is 81.6 cm³/mol. The Labute approximate surface area is 128 Å². The molecule has 0 bridgehead atoms. The summed E-state index contributed by atoms with van der Waals surface area (Å²) in [5.41, 5.74) is 0.313. The van der Waals surface area contributed by atoms with E-state index in [0.29, 0.717) is 18.2 Å². The van der Waals surface area contributed by atoms with Crippen molar-refractivity contribution in [2.75, 3.05) is 11.9 Å². The SMILES string of the molecule is O=C(CCC1CCCCN1)Nc1ccc([N+](=O)[O-])cc1Cl. The minimum Gasteiger partial charge on any atom is -0.325 e. The summed E-state index contributed by atoms with van der Waals surface area (Å²) in [5.74, 6) is -0.127. The van der Waals surface area contributed by atoms with Gasteiger partial charge in [-0.05, 0) is 31.9 Å². The van der Waals surface area contributed by atoms with Crippen molar-refractivity contribution in [3.8, 4) is 0 Å². The molecule has 0 saturated carbocycles. The van der Waals surface area contributed by atoms with Crippen LogP contribution in [0.25, 0.3) is 0 Å². The first-order valence-electron chi connectivity index (χ1n) is 7.03. The molecule has 1 aliphatic heterocycles. The third-order valence-electron chi connectivity index (χ3n) is 3.57. The van der Waals surface area contributed by atoms with Gasteiger partial charge in [0, 0.05) is 24.6 Å². The van der Waals surface area contributed by atoms with Crippen molar-refractivity contribution in [1.29, 1.82) is 0 Å². The summed E-state index contributed by atoms with van der Waals surface area (Å²) in [6.07, 6.45) is 4.70. The maximum Gasteiger partial charge on any atom is 0.271 e. The van der Waals surface area contributed by atoms with Gasteiger partial charge in [-0.25, -0.2) is 0 Å². The van der Waals surface area contributed by atoms with Crippen LogP contribution in [0.3, 0.4) is 0 Å². The molecule has 0 radical (unpaired) electrons. The van der Waals surface area contributed by atoms with Gasteiger partial charge in [0.2, 0.25) is 5.91 Å². The Morgan fingerprint density at radius 1 is 1.48 bits per heavy atom. The van der Waals surface area contributed by atoms with Gasteiger partial charge in [0.05, 0.1) is 15.6 Å². The van der Waals surface area contributed by atoms with E-state index in [2.05, 4.69) is 10.6 Å². The molecule has 7 heteroatoms. The summed E-state index contributed by atoms with van der Waals surface area (Å²) >= 11 is 5.93. The Hall–Kier alpha value is -1.66. The molecule has 2 rings (SSSR count). The van der Waals surface area contributed by atoms with Crippen LogP contribution in [0.1, 0.15) is 32.1 Å². The summed E-state index contributed by atoms with van der Waals surface area (Å²) < 4.78 is 0. The fourth-order valence-electron chi connectivity index (χ4n) is 2.41. The monoisotopic (exact) mass is 311 g/mol. The molecule has 1 heterocycles. The van der Waals surface area contributed by atoms with Gasteiger partial charge in [-0.2, -0.15) is 0 Å². The molecule has 1 aromatic carbocycles. The lowest BCUT2D eigenvalue weighted by atomic mass is 10.0. The summed E-state index contributed by atoms with van der Waals surface area (Å²) in [6, 6.07) is 4.41. The quantitative estimate of drug-likeness (QED) is 0.646. The van der Waals surface area contributed by atoms with E-state index in [0.717, 1.165) is 19.4 Å². The molecule has 1 aromatic rings. The highest BCUT2D eigenvalue weighted by molar-refractivity contribution is 6.33. The number of benzene rings is 1. The number of anilines is 1. The number of halogens is 1. The van der Waals surface area contributed by atoms with E-state index in [4.69, 9.17) is 11.6 Å². The fourth-order valence-corrected chi connectivity index (χ4v) is 2.63. The summed E-state index contributed by atoms with van der Waals surface area (Å²) in [4.78, 5) is 22.0. The van der Waals surface area contributed by atoms with Gasteiger partial charge in [-0.15, -0.1) is 0 Å². The molecule has 6 nitrogen and oxygen atoms in total. The van der Waals surface area contributed by atoms with Gasteiger partial charge in [0.25, 0.3) is 5.69 Å². The van der Waals surface area contributed by atoms with Crippen molar-refractivity contribution in [3.05, 3.63) is 33.3 Å². The topological polar surface area (TPSA) is 84.3 Å². The second kappa shape index (κ2) is 7.38. The van der Waals surface area contributed by atoms with Gasteiger partial charge in [-0.3, -0.25) is 14.9 Å². The van der Waals surface area contributed by atoms with Crippen LogP contribution < -0.4 is 10.6 Å². The second-order valence-corrected chi connectivity index (χ2v) is 5.56. The van der Waals surface area contributed by atoms with Crippen LogP contribution in [0, 0.1) is 10.1 Å². The highest BCUT2D eigenvalue weighted by atomic mass is 35.5. The second-order valence-electron chi connectivity index (χ2n) is 5.15. The molecule has 0 aliphatic carbocycles. The third kappa shape index (κ3) is 4.68. The number of nitro groups is 1. The Kier molecular flexibility index (Phi) is 5.52. The zero-order chi connectivity index (χ0) is 15.2. The molecule has 1 aliphatic rings. The number of hydrogen-bond acceptors (Lipinski definition) is 4. The van der Waals surface area contributed by atoms with Crippen LogP contribution in [-0.2, 0) is 4.79 Å². The number of rotatable bonds is 5. The molecule has 1 unspecified atom stereocenters. The number of nitrogens with zero attached hydrogens (tertiary/aromatic N) is 1. The van der Waals surface area contributed by atoms with E-state index in [1.165, 1.54) is 31.0 Å². The van der Waals surface area contributed by atoms with E-state index in [-0.39, 0.29) is 16.6 Å². The van der Waals surface area contributed by atoms with Crippen molar-refractivity contribution >= 4 is 28.9 Å². The van der Waals surface area contributed by atoms with Crippen molar-refractivity contribution in [3.63, 3.8) is 0 Å². The molecular formula is C14H18ClN3O3. The normalized spacial score (nSPS) is 18.2. The number of nitrogens with one attached hydrogen (secondary N) is 2. The Morgan fingerprint density at radius 2 is 2.29 bits per heavy atom. The molecule has 114 valence electrons. The smallest absolute Gasteiger partial charge is 0.271 e. The van der Waals surface area contributed by atoms with Crippen LogP contribution in [-0.4, -0.2) is 23.4 Å². The van der Waals surface area contributed by atoms with E-state index in [1.54, 1.807) is 0 Å². The average molecular weight is 312 g/mol. The van der Waals surface area contributed by atoms with Crippen LogP contribution in [0.5, 0.6) is 0 Å². The van der Waals surface area contributed by atoms with Crippen LogP contribution in [0.4, 0.5) is 11.4 Å². The fraction of sp³-hybridized carbons (Fsp3) is 0.500. The lowest BCUT2D eigenvalue weighted by Gasteiger charge is -2.23. The summed E-state index contributed by atoms with van der Waals surface area (Å²) in [5, 5.41) is 16.9. The van der Waals surface area contributed by atoms with Crippen LogP contribution in [0.2, 0.25) is 5.02 Å². The molecule has 1 atom stereocenters. The van der Waals surface area contributed by atoms with Crippen molar-refractivity contribution in [2.45, 2.75) is 38.1 Å². The predicted octanol–water partition coefficient (Wildman–Crippen LogP) is 3.11. The Balaban J connectivity index is 1.85. The zero-order valence-corrected chi connectivity index (χ0v) is 12.4. The van der Waals surface area contributed by atoms with Gasteiger partial charge in [0.15, 0.2) is 0 Å². The van der Waals surface area contributed by atoms with Crippen LogP contribution >= 0.6 is 11.6 Å². The van der Waals surface area contributed by atoms with Gasteiger partial charge in [0.1, 0.15) is 0 Å². The highest BCUT2D eigenvalue weighted by Crippen LogP contribution is 2.26. The molecule has 1 saturated heterocycles. The summed E-state index contributed by atoms with van der Waals surface area (Å²) in [6.45, 7) is 1.01. The first-order chi connectivity index (χ1) is 10.1. The number of hydrogen-bond donors (Lipinski definition) is 2. The number of carbonyl (C=O) groups excluding carboxylic acids is 1. The molecular weight excluding hydrogens is 294 g/mol. The largest absolute Gasteiger partial charge is 0.325 e. The zero-order valence-electron chi connectivity index (χ0n) is 11.6.